The lowest BCUT2D eigenvalue weighted by Crippen LogP contribution is -2.25. The highest BCUT2D eigenvalue weighted by atomic mass is 32.1. The molecule has 0 radical (unpaired) electrons. The van der Waals surface area contributed by atoms with E-state index in [0.29, 0.717) is 6.42 Å². The minimum atomic E-state index is -0.105. The number of cyclic esters (lactones) is 1. The normalized spacial score (nSPS) is 23.3. The van der Waals surface area contributed by atoms with Gasteiger partial charge in [0.1, 0.15) is 6.10 Å². The Balaban J connectivity index is 2.36. The van der Waals surface area contributed by atoms with Gasteiger partial charge in [0.15, 0.2) is 5.11 Å². The van der Waals surface area contributed by atoms with Crippen LogP contribution in [-0.2, 0) is 9.53 Å². The highest BCUT2D eigenvalue weighted by molar-refractivity contribution is 7.80. The fraction of sp³-hybridized carbons (Fsp3) is 0.769. The molecule has 0 saturated carbocycles. The summed E-state index contributed by atoms with van der Waals surface area (Å²) in [5.41, 5.74) is 8.63. The van der Waals surface area contributed by atoms with E-state index in [-0.39, 0.29) is 23.1 Å². The second-order valence-corrected chi connectivity index (χ2v) is 5.45. The van der Waals surface area contributed by atoms with Gasteiger partial charge in [0, 0.05) is 12.1 Å². The molecule has 6 heteroatoms. The molecule has 3 N–H and O–H groups in total. The van der Waals surface area contributed by atoms with E-state index in [9.17, 15) is 4.79 Å². The number of hydrazone groups is 1. The minimum absolute atomic E-state index is 0.0801. The van der Waals surface area contributed by atoms with Gasteiger partial charge in [-0.15, -0.1) is 0 Å². The molecule has 1 aliphatic heterocycles. The quantitative estimate of drug-likeness (QED) is 0.246. The van der Waals surface area contributed by atoms with Gasteiger partial charge in [-0.25, -0.2) is 0 Å². The van der Waals surface area contributed by atoms with E-state index >= 15 is 0 Å². The van der Waals surface area contributed by atoms with Gasteiger partial charge >= 0.3 is 5.97 Å². The first kappa shape index (κ1) is 15.9. The van der Waals surface area contributed by atoms with Crippen LogP contribution in [0, 0.1) is 5.92 Å². The maximum Gasteiger partial charge on any atom is 0.309 e. The number of hydrogen-bond acceptors (Lipinski definition) is 4. The van der Waals surface area contributed by atoms with E-state index in [0.717, 1.165) is 25.0 Å². The van der Waals surface area contributed by atoms with Gasteiger partial charge in [0.2, 0.25) is 0 Å². The summed E-state index contributed by atoms with van der Waals surface area (Å²) in [4.78, 5) is 11.7. The standard InChI is InChI=1S/C13H23N3O2S/c1-3-4-5-6-11-8-10(12(17)18-11)7-9(2)15-16-13(14)19/h10-11H,3-8H2,1-2H3,(H3,14,16,19)/b15-9-. The van der Waals surface area contributed by atoms with Gasteiger partial charge in [-0.1, -0.05) is 19.8 Å². The summed E-state index contributed by atoms with van der Waals surface area (Å²) in [5.74, 6) is -0.185. The fourth-order valence-electron chi connectivity index (χ4n) is 2.24. The molecule has 1 aliphatic rings. The van der Waals surface area contributed by atoms with E-state index in [1.807, 2.05) is 6.92 Å². The summed E-state index contributed by atoms with van der Waals surface area (Å²) in [6.45, 7) is 4.02. The van der Waals surface area contributed by atoms with Gasteiger partial charge in [-0.2, -0.15) is 5.10 Å². The smallest absolute Gasteiger partial charge is 0.309 e. The Kier molecular flexibility index (Phi) is 6.77. The Hall–Kier alpha value is -1.17. The second-order valence-electron chi connectivity index (χ2n) is 5.01. The van der Waals surface area contributed by atoms with Crippen molar-refractivity contribution in [3.63, 3.8) is 0 Å². The zero-order valence-electron chi connectivity index (χ0n) is 11.6. The van der Waals surface area contributed by atoms with Crippen molar-refractivity contribution in [2.75, 3.05) is 0 Å². The van der Waals surface area contributed by atoms with E-state index in [1.54, 1.807) is 0 Å². The molecule has 2 atom stereocenters. The lowest BCUT2D eigenvalue weighted by Gasteiger charge is -2.07. The van der Waals surface area contributed by atoms with Crippen molar-refractivity contribution in [3.05, 3.63) is 0 Å². The lowest BCUT2D eigenvalue weighted by molar-refractivity contribution is -0.144. The predicted molar refractivity (Wildman–Crippen MR) is 79.8 cm³/mol. The fourth-order valence-corrected chi connectivity index (χ4v) is 2.29. The molecule has 0 aliphatic carbocycles. The number of hydrogen-bond donors (Lipinski definition) is 2. The molecule has 2 unspecified atom stereocenters. The molecular formula is C13H23N3O2S. The summed E-state index contributed by atoms with van der Waals surface area (Å²) >= 11 is 4.67. The van der Waals surface area contributed by atoms with Crippen LogP contribution in [-0.4, -0.2) is 22.9 Å². The first-order chi connectivity index (χ1) is 9.02. The van der Waals surface area contributed by atoms with Crippen molar-refractivity contribution < 1.29 is 9.53 Å². The van der Waals surface area contributed by atoms with Gasteiger partial charge in [0.05, 0.1) is 5.92 Å². The van der Waals surface area contributed by atoms with Crippen LogP contribution in [0.15, 0.2) is 5.10 Å². The number of unbranched alkanes of at least 4 members (excludes halogenated alkanes) is 2. The number of esters is 1. The minimum Gasteiger partial charge on any atom is -0.462 e. The SMILES string of the molecule is CCCCCC1CC(C/C(C)=N\NC(N)=S)C(=O)O1. The third-order valence-electron chi connectivity index (χ3n) is 3.19. The number of nitrogens with two attached hydrogens (primary N) is 1. The topological polar surface area (TPSA) is 76.7 Å². The van der Waals surface area contributed by atoms with Crippen molar-refractivity contribution in [1.82, 2.24) is 5.43 Å². The summed E-state index contributed by atoms with van der Waals surface area (Å²) in [6, 6.07) is 0. The average molecular weight is 285 g/mol. The molecule has 0 amide bonds. The molecule has 108 valence electrons. The average Bonchev–Trinajstić information content (AvgIpc) is 2.68. The Labute approximate surface area is 120 Å². The molecule has 19 heavy (non-hydrogen) atoms. The van der Waals surface area contributed by atoms with E-state index in [4.69, 9.17) is 10.5 Å². The molecule has 1 rings (SSSR count). The molecule has 1 heterocycles. The van der Waals surface area contributed by atoms with Gasteiger partial charge < -0.3 is 10.5 Å². The molecule has 0 aromatic carbocycles. The maximum absolute atomic E-state index is 11.7. The lowest BCUT2D eigenvalue weighted by atomic mass is 9.97. The molecule has 0 spiro atoms. The summed E-state index contributed by atoms with van der Waals surface area (Å²) in [6.07, 6.45) is 5.94. The number of thiocarbonyl (C=S) groups is 1. The number of rotatable bonds is 7. The molecule has 0 aromatic rings. The third-order valence-corrected chi connectivity index (χ3v) is 3.28. The number of carbonyl (C=O) groups is 1. The van der Waals surface area contributed by atoms with Crippen molar-refractivity contribution in [3.8, 4) is 0 Å². The van der Waals surface area contributed by atoms with Crippen LogP contribution in [0.5, 0.6) is 0 Å². The van der Waals surface area contributed by atoms with E-state index in [1.165, 1.54) is 12.8 Å². The zero-order chi connectivity index (χ0) is 14.3. The van der Waals surface area contributed by atoms with Crippen LogP contribution in [0.2, 0.25) is 0 Å². The molecule has 1 saturated heterocycles. The largest absolute Gasteiger partial charge is 0.462 e. The first-order valence-corrected chi connectivity index (χ1v) is 7.22. The predicted octanol–water partition coefficient (Wildman–Crippen LogP) is 2.10. The monoisotopic (exact) mass is 285 g/mol. The number of nitrogens with zero attached hydrogens (tertiary/aromatic N) is 1. The van der Waals surface area contributed by atoms with Crippen LogP contribution in [0.1, 0.15) is 52.4 Å². The van der Waals surface area contributed by atoms with E-state index < -0.39 is 0 Å². The molecule has 0 aromatic heterocycles. The second kappa shape index (κ2) is 8.09. The Bertz CT molecular complexity index is 358. The van der Waals surface area contributed by atoms with Gasteiger partial charge in [-0.05, 0) is 38.4 Å². The van der Waals surface area contributed by atoms with Crippen LogP contribution in [0.25, 0.3) is 0 Å². The highest BCUT2D eigenvalue weighted by Crippen LogP contribution is 2.27. The summed E-state index contributed by atoms with van der Waals surface area (Å²) < 4.78 is 5.38. The Morgan fingerprint density at radius 1 is 1.58 bits per heavy atom. The number of ether oxygens (including phenoxy) is 1. The summed E-state index contributed by atoms with van der Waals surface area (Å²) in [5, 5.41) is 4.15. The molecule has 0 bridgehead atoms. The first-order valence-electron chi connectivity index (χ1n) is 6.82. The van der Waals surface area contributed by atoms with E-state index in [2.05, 4.69) is 29.7 Å². The number of nitrogens with one attached hydrogen (secondary N) is 1. The molecule has 1 fully saturated rings. The Morgan fingerprint density at radius 3 is 2.95 bits per heavy atom. The number of carbonyl (C=O) groups excluding carboxylic acids is 1. The van der Waals surface area contributed by atoms with Crippen LogP contribution >= 0.6 is 12.2 Å². The Morgan fingerprint density at radius 2 is 2.32 bits per heavy atom. The van der Waals surface area contributed by atoms with Crippen molar-refractivity contribution >= 4 is 29.0 Å². The van der Waals surface area contributed by atoms with Crippen molar-refractivity contribution in [2.24, 2.45) is 16.8 Å². The zero-order valence-corrected chi connectivity index (χ0v) is 12.5. The van der Waals surface area contributed by atoms with Crippen molar-refractivity contribution in [1.29, 1.82) is 0 Å². The third kappa shape index (κ3) is 6.00. The highest BCUT2D eigenvalue weighted by Gasteiger charge is 2.34. The molecule has 5 nitrogen and oxygen atoms in total. The van der Waals surface area contributed by atoms with Crippen LogP contribution in [0.3, 0.4) is 0 Å². The summed E-state index contributed by atoms with van der Waals surface area (Å²) in [7, 11) is 0. The van der Waals surface area contributed by atoms with Gasteiger partial charge in [-0.3, -0.25) is 10.2 Å². The van der Waals surface area contributed by atoms with Crippen LogP contribution < -0.4 is 11.2 Å². The maximum atomic E-state index is 11.7. The van der Waals surface area contributed by atoms with Crippen LogP contribution in [0.4, 0.5) is 0 Å². The van der Waals surface area contributed by atoms with Crippen molar-refractivity contribution in [2.45, 2.75) is 58.5 Å². The van der Waals surface area contributed by atoms with Gasteiger partial charge in [0.25, 0.3) is 0 Å². The molecular weight excluding hydrogens is 262 g/mol.